The fourth-order valence-electron chi connectivity index (χ4n) is 2.07. The van der Waals surface area contributed by atoms with Crippen molar-refractivity contribution in [1.29, 1.82) is 0 Å². The van der Waals surface area contributed by atoms with Gasteiger partial charge in [0.2, 0.25) is 0 Å². The molecule has 0 fully saturated rings. The van der Waals surface area contributed by atoms with Crippen LogP contribution >= 0.6 is 0 Å². The maximum Gasteiger partial charge on any atom is 0.265 e. The van der Waals surface area contributed by atoms with Gasteiger partial charge in [-0.25, -0.2) is 0 Å². The van der Waals surface area contributed by atoms with Crippen LogP contribution in [0.3, 0.4) is 0 Å². The lowest BCUT2D eigenvalue weighted by atomic mass is 10.1. The van der Waals surface area contributed by atoms with Crippen LogP contribution in [0, 0.1) is 0 Å². The molecule has 0 heterocycles. The Balaban J connectivity index is 1.92. The number of Topliss-reactive ketones (excluding diaryl/α,β-unsaturated/α-hetero) is 1. The molecule has 1 N–H and O–H groups in total. The summed E-state index contributed by atoms with van der Waals surface area (Å²) in [6.45, 7) is 5.68. The predicted molar refractivity (Wildman–Crippen MR) is 92.8 cm³/mol. The molecule has 1 amide bonds. The second kappa shape index (κ2) is 8.15. The van der Waals surface area contributed by atoms with Gasteiger partial charge in [-0.3, -0.25) is 9.59 Å². The zero-order chi connectivity index (χ0) is 17.5. The summed E-state index contributed by atoms with van der Waals surface area (Å²) in [6, 6.07) is 13.9. The number of hydrogen-bond donors (Lipinski definition) is 1. The van der Waals surface area contributed by atoms with E-state index in [9.17, 15) is 9.59 Å². The average molecular weight is 327 g/mol. The molecular formula is C19H21NO4. The Kier molecular flexibility index (Phi) is 5.95. The summed E-state index contributed by atoms with van der Waals surface area (Å²) < 4.78 is 11.0. The normalized spacial score (nSPS) is 11.5. The van der Waals surface area contributed by atoms with E-state index in [1.165, 1.54) is 6.92 Å². The molecule has 2 rings (SSSR count). The van der Waals surface area contributed by atoms with E-state index in [2.05, 4.69) is 5.32 Å². The van der Waals surface area contributed by atoms with Gasteiger partial charge in [-0.15, -0.1) is 0 Å². The van der Waals surface area contributed by atoms with E-state index in [0.717, 1.165) is 5.75 Å². The number of hydrogen-bond acceptors (Lipinski definition) is 4. The molecule has 5 heteroatoms. The number of ether oxygens (including phenoxy) is 2. The van der Waals surface area contributed by atoms with Crippen LogP contribution < -0.4 is 14.8 Å². The Morgan fingerprint density at radius 2 is 1.58 bits per heavy atom. The molecule has 1 atom stereocenters. The zero-order valence-electron chi connectivity index (χ0n) is 14.0. The van der Waals surface area contributed by atoms with Gasteiger partial charge < -0.3 is 14.8 Å². The Bertz CT molecular complexity index is 692. The molecular weight excluding hydrogens is 306 g/mol. The lowest BCUT2D eigenvalue weighted by molar-refractivity contribution is -0.122. The van der Waals surface area contributed by atoms with Gasteiger partial charge in [0.25, 0.3) is 5.91 Å². The fraction of sp³-hybridized carbons (Fsp3) is 0.263. The van der Waals surface area contributed by atoms with Gasteiger partial charge in [0.05, 0.1) is 6.61 Å². The molecule has 1 unspecified atom stereocenters. The van der Waals surface area contributed by atoms with Crippen molar-refractivity contribution in [3.05, 3.63) is 54.1 Å². The van der Waals surface area contributed by atoms with Gasteiger partial charge in [-0.2, -0.15) is 0 Å². The smallest absolute Gasteiger partial charge is 0.265 e. The quantitative estimate of drug-likeness (QED) is 0.788. The van der Waals surface area contributed by atoms with E-state index in [-0.39, 0.29) is 11.7 Å². The molecule has 0 saturated heterocycles. The molecule has 0 radical (unpaired) electrons. The third-order valence-electron chi connectivity index (χ3n) is 3.38. The topological polar surface area (TPSA) is 64.6 Å². The van der Waals surface area contributed by atoms with Crippen LogP contribution in [-0.2, 0) is 4.79 Å². The molecule has 24 heavy (non-hydrogen) atoms. The Morgan fingerprint density at radius 3 is 2.12 bits per heavy atom. The lowest BCUT2D eigenvalue weighted by Gasteiger charge is -2.15. The minimum atomic E-state index is -0.667. The highest BCUT2D eigenvalue weighted by atomic mass is 16.5. The minimum absolute atomic E-state index is 0.0113. The summed E-state index contributed by atoms with van der Waals surface area (Å²) >= 11 is 0. The van der Waals surface area contributed by atoms with Crippen molar-refractivity contribution in [1.82, 2.24) is 0 Å². The highest BCUT2D eigenvalue weighted by molar-refractivity contribution is 5.95. The van der Waals surface area contributed by atoms with E-state index >= 15 is 0 Å². The molecule has 5 nitrogen and oxygen atoms in total. The van der Waals surface area contributed by atoms with Crippen LogP contribution in [0.25, 0.3) is 0 Å². The van der Waals surface area contributed by atoms with Crippen molar-refractivity contribution in [2.45, 2.75) is 26.9 Å². The van der Waals surface area contributed by atoms with Crippen LogP contribution in [0.5, 0.6) is 11.5 Å². The number of carbonyl (C=O) groups excluding carboxylic acids is 2. The standard InChI is InChI=1S/C19H21NO4/c1-4-23-17-11-7-16(8-12-17)20-19(22)14(3)24-18-9-5-15(6-10-18)13(2)21/h5-12,14H,4H2,1-3H3,(H,20,22). The highest BCUT2D eigenvalue weighted by Gasteiger charge is 2.15. The number of nitrogens with one attached hydrogen (secondary N) is 1. The van der Waals surface area contributed by atoms with Gasteiger partial charge >= 0.3 is 0 Å². The molecule has 0 bridgehead atoms. The summed E-state index contributed by atoms with van der Waals surface area (Å²) in [7, 11) is 0. The molecule has 0 aromatic heterocycles. The van der Waals surface area contributed by atoms with Gasteiger partial charge in [-0.05, 0) is 69.3 Å². The molecule has 2 aromatic carbocycles. The Morgan fingerprint density at radius 1 is 1.00 bits per heavy atom. The fourth-order valence-corrected chi connectivity index (χ4v) is 2.07. The number of carbonyl (C=O) groups is 2. The summed E-state index contributed by atoms with van der Waals surface area (Å²) in [4.78, 5) is 23.4. The third kappa shape index (κ3) is 4.84. The van der Waals surface area contributed by atoms with Crippen molar-refractivity contribution in [2.75, 3.05) is 11.9 Å². The van der Waals surface area contributed by atoms with Crippen molar-refractivity contribution in [2.24, 2.45) is 0 Å². The third-order valence-corrected chi connectivity index (χ3v) is 3.38. The summed E-state index contributed by atoms with van der Waals surface area (Å²) in [5.41, 5.74) is 1.28. The molecule has 0 aliphatic heterocycles. The molecule has 0 aliphatic carbocycles. The van der Waals surface area contributed by atoms with Gasteiger partial charge in [0.15, 0.2) is 11.9 Å². The molecule has 0 spiro atoms. The maximum atomic E-state index is 12.2. The number of rotatable bonds is 7. The van der Waals surface area contributed by atoms with E-state index in [1.807, 2.05) is 6.92 Å². The lowest BCUT2D eigenvalue weighted by Crippen LogP contribution is -2.30. The van der Waals surface area contributed by atoms with Crippen LogP contribution in [0.1, 0.15) is 31.1 Å². The first-order valence-corrected chi connectivity index (χ1v) is 7.81. The van der Waals surface area contributed by atoms with Crippen LogP contribution in [-0.4, -0.2) is 24.4 Å². The highest BCUT2D eigenvalue weighted by Crippen LogP contribution is 2.17. The van der Waals surface area contributed by atoms with Crippen molar-refractivity contribution < 1.29 is 19.1 Å². The predicted octanol–water partition coefficient (Wildman–Crippen LogP) is 3.69. The Labute approximate surface area is 141 Å². The van der Waals surface area contributed by atoms with Gasteiger partial charge in [0.1, 0.15) is 11.5 Å². The molecule has 2 aromatic rings. The molecule has 126 valence electrons. The van der Waals surface area contributed by atoms with Crippen molar-refractivity contribution in [3.63, 3.8) is 0 Å². The molecule has 0 saturated carbocycles. The zero-order valence-corrected chi connectivity index (χ0v) is 14.0. The number of amides is 1. The molecule has 0 aliphatic rings. The summed E-state index contributed by atoms with van der Waals surface area (Å²) in [5, 5.41) is 2.79. The monoisotopic (exact) mass is 327 g/mol. The van der Waals surface area contributed by atoms with Crippen molar-refractivity contribution in [3.8, 4) is 11.5 Å². The second-order valence-corrected chi connectivity index (χ2v) is 5.29. The minimum Gasteiger partial charge on any atom is -0.494 e. The SMILES string of the molecule is CCOc1ccc(NC(=O)C(C)Oc2ccc(C(C)=O)cc2)cc1. The van der Waals surface area contributed by atoms with Crippen LogP contribution in [0.4, 0.5) is 5.69 Å². The number of benzene rings is 2. The largest absolute Gasteiger partial charge is 0.494 e. The second-order valence-electron chi connectivity index (χ2n) is 5.29. The average Bonchev–Trinajstić information content (AvgIpc) is 2.57. The first-order chi connectivity index (χ1) is 11.5. The van der Waals surface area contributed by atoms with Crippen LogP contribution in [0.2, 0.25) is 0 Å². The summed E-state index contributed by atoms with van der Waals surface area (Å²) in [6.07, 6.45) is -0.667. The van der Waals surface area contributed by atoms with Gasteiger partial charge in [0, 0.05) is 11.3 Å². The van der Waals surface area contributed by atoms with E-state index in [0.29, 0.717) is 23.6 Å². The van der Waals surface area contributed by atoms with Crippen molar-refractivity contribution >= 4 is 17.4 Å². The first-order valence-electron chi connectivity index (χ1n) is 7.81. The van der Waals surface area contributed by atoms with E-state index in [4.69, 9.17) is 9.47 Å². The first kappa shape index (κ1) is 17.5. The van der Waals surface area contributed by atoms with E-state index < -0.39 is 6.10 Å². The van der Waals surface area contributed by atoms with Gasteiger partial charge in [-0.1, -0.05) is 0 Å². The maximum absolute atomic E-state index is 12.2. The summed E-state index contributed by atoms with van der Waals surface area (Å²) in [5.74, 6) is 1.03. The number of ketones is 1. The van der Waals surface area contributed by atoms with Crippen LogP contribution in [0.15, 0.2) is 48.5 Å². The Hall–Kier alpha value is -2.82. The van der Waals surface area contributed by atoms with E-state index in [1.54, 1.807) is 55.5 Å². The number of anilines is 1.